The van der Waals surface area contributed by atoms with E-state index in [2.05, 4.69) is 9.88 Å². The summed E-state index contributed by atoms with van der Waals surface area (Å²) in [6.07, 6.45) is 2.63. The van der Waals surface area contributed by atoms with Crippen molar-refractivity contribution in [1.82, 2.24) is 4.98 Å². The van der Waals surface area contributed by atoms with Crippen molar-refractivity contribution in [2.75, 3.05) is 37.8 Å². The summed E-state index contributed by atoms with van der Waals surface area (Å²) in [5.41, 5.74) is 3.83. The van der Waals surface area contributed by atoms with Crippen LogP contribution in [0, 0.1) is 0 Å². The first-order chi connectivity index (χ1) is 12.2. The Labute approximate surface area is 146 Å². The minimum atomic E-state index is -0.825. The van der Waals surface area contributed by atoms with Crippen LogP contribution in [0.15, 0.2) is 30.5 Å². The standard InChI is InChI=1S/C19H20N2O4/c22-18(23)11-13-9-15-2-6-25-19(15)16(10-13)14-1-3-20-17(12-14)21-4-7-24-8-5-21/h1,3,9-10,12H,2,4-8,11H2,(H,22,23). The second-order valence-electron chi connectivity index (χ2n) is 6.30. The number of benzene rings is 1. The van der Waals surface area contributed by atoms with Crippen LogP contribution in [-0.2, 0) is 22.4 Å². The lowest BCUT2D eigenvalue weighted by Gasteiger charge is -2.28. The van der Waals surface area contributed by atoms with Crippen LogP contribution >= 0.6 is 0 Å². The predicted octanol–water partition coefficient (Wildman–Crippen LogP) is 2.15. The Hall–Kier alpha value is -2.60. The van der Waals surface area contributed by atoms with E-state index in [-0.39, 0.29) is 6.42 Å². The number of carboxylic acid groups (broad SMARTS) is 1. The van der Waals surface area contributed by atoms with Crippen LogP contribution in [0.4, 0.5) is 5.82 Å². The van der Waals surface area contributed by atoms with E-state index in [0.717, 1.165) is 53.3 Å². The molecule has 0 amide bonds. The number of fused-ring (bicyclic) bond motifs is 1. The number of carbonyl (C=O) groups is 1. The van der Waals surface area contributed by atoms with Gasteiger partial charge in [0.15, 0.2) is 0 Å². The molecule has 0 radical (unpaired) electrons. The number of carboxylic acids is 1. The normalized spacial score (nSPS) is 16.4. The van der Waals surface area contributed by atoms with Gasteiger partial charge in [0.25, 0.3) is 0 Å². The fourth-order valence-corrected chi connectivity index (χ4v) is 3.42. The largest absolute Gasteiger partial charge is 0.492 e. The van der Waals surface area contributed by atoms with Crippen LogP contribution in [0.5, 0.6) is 5.75 Å². The molecule has 6 heteroatoms. The molecule has 1 aromatic carbocycles. The molecule has 1 aromatic heterocycles. The van der Waals surface area contributed by atoms with Crippen molar-refractivity contribution in [3.63, 3.8) is 0 Å². The van der Waals surface area contributed by atoms with Crippen LogP contribution in [0.1, 0.15) is 11.1 Å². The Bertz CT molecular complexity index is 800. The SMILES string of the molecule is O=C(O)Cc1cc2c(c(-c3ccnc(N4CCOCC4)c3)c1)OCC2. The van der Waals surface area contributed by atoms with Crippen molar-refractivity contribution in [3.8, 4) is 16.9 Å². The summed E-state index contributed by atoms with van der Waals surface area (Å²) in [6.45, 7) is 3.70. The quantitative estimate of drug-likeness (QED) is 0.919. The van der Waals surface area contributed by atoms with Gasteiger partial charge in [-0.25, -0.2) is 4.98 Å². The van der Waals surface area contributed by atoms with Crippen LogP contribution in [0.3, 0.4) is 0 Å². The van der Waals surface area contributed by atoms with E-state index in [9.17, 15) is 4.79 Å². The molecule has 0 spiro atoms. The van der Waals surface area contributed by atoms with Crippen molar-refractivity contribution >= 4 is 11.8 Å². The number of aliphatic carboxylic acids is 1. The minimum Gasteiger partial charge on any atom is -0.492 e. The van der Waals surface area contributed by atoms with E-state index in [1.54, 1.807) is 6.20 Å². The zero-order valence-electron chi connectivity index (χ0n) is 13.9. The second-order valence-corrected chi connectivity index (χ2v) is 6.30. The maximum absolute atomic E-state index is 11.1. The van der Waals surface area contributed by atoms with Crippen molar-refractivity contribution in [2.24, 2.45) is 0 Å². The smallest absolute Gasteiger partial charge is 0.307 e. The number of pyridine rings is 1. The fraction of sp³-hybridized carbons (Fsp3) is 0.368. The summed E-state index contributed by atoms with van der Waals surface area (Å²) in [5.74, 6) is 0.956. The van der Waals surface area contributed by atoms with Gasteiger partial charge in [0.05, 0.1) is 26.2 Å². The topological polar surface area (TPSA) is 71.9 Å². The van der Waals surface area contributed by atoms with Crippen molar-refractivity contribution in [1.29, 1.82) is 0 Å². The van der Waals surface area contributed by atoms with E-state index in [1.807, 2.05) is 24.3 Å². The third-order valence-electron chi connectivity index (χ3n) is 4.59. The van der Waals surface area contributed by atoms with Gasteiger partial charge >= 0.3 is 5.97 Å². The third kappa shape index (κ3) is 3.30. The van der Waals surface area contributed by atoms with Crippen LogP contribution in [0.2, 0.25) is 0 Å². The molecule has 0 aliphatic carbocycles. The Morgan fingerprint density at radius 2 is 2.04 bits per heavy atom. The monoisotopic (exact) mass is 340 g/mol. The molecule has 2 aliphatic heterocycles. The highest BCUT2D eigenvalue weighted by atomic mass is 16.5. The van der Waals surface area contributed by atoms with E-state index in [4.69, 9.17) is 14.6 Å². The maximum Gasteiger partial charge on any atom is 0.307 e. The van der Waals surface area contributed by atoms with E-state index in [0.29, 0.717) is 19.8 Å². The number of rotatable bonds is 4. The number of aromatic nitrogens is 1. The third-order valence-corrected chi connectivity index (χ3v) is 4.59. The Morgan fingerprint density at radius 1 is 1.20 bits per heavy atom. The number of ether oxygens (including phenoxy) is 2. The molecular formula is C19H20N2O4. The molecule has 3 heterocycles. The molecule has 1 N–H and O–H groups in total. The summed E-state index contributed by atoms with van der Waals surface area (Å²) in [5, 5.41) is 9.13. The molecule has 25 heavy (non-hydrogen) atoms. The molecule has 0 bridgehead atoms. The lowest BCUT2D eigenvalue weighted by atomic mass is 9.97. The van der Waals surface area contributed by atoms with Gasteiger partial charge in [-0.3, -0.25) is 4.79 Å². The molecule has 130 valence electrons. The Balaban J connectivity index is 1.73. The molecule has 0 saturated carbocycles. The van der Waals surface area contributed by atoms with Crippen molar-refractivity contribution in [2.45, 2.75) is 12.8 Å². The van der Waals surface area contributed by atoms with Gasteiger partial charge in [-0.1, -0.05) is 6.07 Å². The predicted molar refractivity (Wildman–Crippen MR) is 93.2 cm³/mol. The molecule has 4 rings (SSSR count). The number of morpholine rings is 1. The lowest BCUT2D eigenvalue weighted by molar-refractivity contribution is -0.136. The van der Waals surface area contributed by atoms with Gasteiger partial charge in [-0.15, -0.1) is 0 Å². The number of hydrogen-bond donors (Lipinski definition) is 1. The first-order valence-electron chi connectivity index (χ1n) is 8.50. The molecule has 6 nitrogen and oxygen atoms in total. The molecule has 1 fully saturated rings. The second kappa shape index (κ2) is 6.72. The van der Waals surface area contributed by atoms with Crippen molar-refractivity contribution in [3.05, 3.63) is 41.6 Å². The van der Waals surface area contributed by atoms with E-state index >= 15 is 0 Å². The minimum absolute atomic E-state index is 0.0156. The van der Waals surface area contributed by atoms with Gasteiger partial charge in [0.1, 0.15) is 11.6 Å². The van der Waals surface area contributed by atoms with Gasteiger partial charge < -0.3 is 19.5 Å². The number of hydrogen-bond acceptors (Lipinski definition) is 5. The summed E-state index contributed by atoms with van der Waals surface area (Å²) in [4.78, 5) is 17.8. The van der Waals surface area contributed by atoms with E-state index in [1.165, 1.54) is 0 Å². The average molecular weight is 340 g/mol. The maximum atomic E-state index is 11.1. The summed E-state index contributed by atoms with van der Waals surface area (Å²) in [6, 6.07) is 7.87. The first-order valence-corrected chi connectivity index (χ1v) is 8.50. The van der Waals surface area contributed by atoms with Crippen LogP contribution in [0.25, 0.3) is 11.1 Å². The molecule has 1 saturated heterocycles. The Kier molecular flexibility index (Phi) is 4.28. The molecule has 0 atom stereocenters. The summed E-state index contributed by atoms with van der Waals surface area (Å²) >= 11 is 0. The Morgan fingerprint density at radius 3 is 2.84 bits per heavy atom. The highest BCUT2D eigenvalue weighted by Crippen LogP contribution is 2.39. The molecular weight excluding hydrogens is 320 g/mol. The average Bonchev–Trinajstić information content (AvgIpc) is 3.10. The fourth-order valence-electron chi connectivity index (χ4n) is 3.42. The molecule has 0 unspecified atom stereocenters. The summed E-state index contributed by atoms with van der Waals surface area (Å²) < 4.78 is 11.2. The zero-order valence-corrected chi connectivity index (χ0v) is 13.9. The zero-order chi connectivity index (χ0) is 17.2. The van der Waals surface area contributed by atoms with Gasteiger partial charge in [-0.05, 0) is 34.9 Å². The highest BCUT2D eigenvalue weighted by Gasteiger charge is 2.21. The van der Waals surface area contributed by atoms with Crippen molar-refractivity contribution < 1.29 is 19.4 Å². The van der Waals surface area contributed by atoms with Gasteiger partial charge in [0, 0.05) is 31.3 Å². The van der Waals surface area contributed by atoms with Gasteiger partial charge in [0.2, 0.25) is 0 Å². The number of nitrogens with zero attached hydrogens (tertiary/aromatic N) is 2. The molecule has 2 aliphatic rings. The van der Waals surface area contributed by atoms with Crippen LogP contribution in [-0.4, -0.2) is 49.0 Å². The molecule has 2 aromatic rings. The van der Waals surface area contributed by atoms with E-state index < -0.39 is 5.97 Å². The summed E-state index contributed by atoms with van der Waals surface area (Å²) in [7, 11) is 0. The first kappa shape index (κ1) is 15.9. The number of anilines is 1. The lowest BCUT2D eigenvalue weighted by Crippen LogP contribution is -2.36. The van der Waals surface area contributed by atoms with Gasteiger partial charge in [-0.2, -0.15) is 0 Å². The van der Waals surface area contributed by atoms with Crippen LogP contribution < -0.4 is 9.64 Å². The highest BCUT2D eigenvalue weighted by molar-refractivity contribution is 5.78.